The molecule has 0 unspecified atom stereocenters. The summed E-state index contributed by atoms with van der Waals surface area (Å²) in [5.74, 6) is 0.911. The molecule has 0 bridgehead atoms. The molecule has 1 fully saturated rings. The largest absolute Gasteiger partial charge is 0.366 e. The Morgan fingerprint density at radius 1 is 1.22 bits per heavy atom. The van der Waals surface area contributed by atoms with Crippen LogP contribution in [0.15, 0.2) is 24.5 Å². The van der Waals surface area contributed by atoms with E-state index in [1.807, 2.05) is 23.9 Å². The number of nitrogens with zero attached hydrogens (tertiary/aromatic N) is 3. The van der Waals surface area contributed by atoms with Crippen LogP contribution in [0.25, 0.3) is 11.2 Å². The number of anilines is 1. The first-order valence-corrected chi connectivity index (χ1v) is 7.53. The van der Waals surface area contributed by atoms with Gasteiger partial charge in [-0.1, -0.05) is 6.42 Å². The summed E-state index contributed by atoms with van der Waals surface area (Å²) in [6, 6.07) is 4.49. The number of rotatable bonds is 3. The Morgan fingerprint density at radius 2 is 2.11 bits per heavy atom. The predicted molar refractivity (Wildman–Crippen MR) is 75.9 cm³/mol. The molecule has 1 saturated carbocycles. The number of thioether (sulfide) groups is 1. The number of pyridine rings is 1. The van der Waals surface area contributed by atoms with Gasteiger partial charge in [0, 0.05) is 23.7 Å². The number of hydrogen-bond acceptors (Lipinski definition) is 5. The SMILES string of the molecule is CS[C@@H]1CCC[C@@H]1Nc1ccc2nccnc2n1. The first-order chi connectivity index (χ1) is 8.86. The van der Waals surface area contributed by atoms with E-state index in [-0.39, 0.29) is 0 Å². The Bertz CT molecular complexity index is 545. The van der Waals surface area contributed by atoms with Crippen molar-refractivity contribution in [1.29, 1.82) is 0 Å². The van der Waals surface area contributed by atoms with Crippen molar-refractivity contribution in [3.8, 4) is 0 Å². The zero-order valence-corrected chi connectivity index (χ0v) is 11.2. The van der Waals surface area contributed by atoms with Crippen LogP contribution >= 0.6 is 11.8 Å². The summed E-state index contributed by atoms with van der Waals surface area (Å²) >= 11 is 1.95. The lowest BCUT2D eigenvalue weighted by atomic mass is 10.2. The molecule has 18 heavy (non-hydrogen) atoms. The van der Waals surface area contributed by atoms with Gasteiger partial charge in [-0.2, -0.15) is 11.8 Å². The molecular formula is C13H16N4S. The fourth-order valence-electron chi connectivity index (χ4n) is 2.50. The first-order valence-electron chi connectivity index (χ1n) is 6.24. The Kier molecular flexibility index (Phi) is 3.32. The van der Waals surface area contributed by atoms with Crippen LogP contribution in [0.3, 0.4) is 0 Å². The van der Waals surface area contributed by atoms with E-state index in [1.165, 1.54) is 19.3 Å². The summed E-state index contributed by atoms with van der Waals surface area (Å²) in [5.41, 5.74) is 1.55. The molecule has 2 heterocycles. The van der Waals surface area contributed by atoms with Crippen molar-refractivity contribution in [2.75, 3.05) is 11.6 Å². The normalized spacial score (nSPS) is 23.4. The lowest BCUT2D eigenvalue weighted by Crippen LogP contribution is -2.26. The van der Waals surface area contributed by atoms with E-state index in [0.29, 0.717) is 16.9 Å². The quantitative estimate of drug-likeness (QED) is 0.919. The summed E-state index contributed by atoms with van der Waals surface area (Å²) in [4.78, 5) is 13.0. The fraction of sp³-hybridized carbons (Fsp3) is 0.462. The molecule has 5 heteroatoms. The highest BCUT2D eigenvalue weighted by molar-refractivity contribution is 7.99. The van der Waals surface area contributed by atoms with Crippen molar-refractivity contribution in [3.05, 3.63) is 24.5 Å². The van der Waals surface area contributed by atoms with Crippen molar-refractivity contribution < 1.29 is 0 Å². The second kappa shape index (κ2) is 5.10. The molecule has 0 aliphatic heterocycles. The molecule has 1 N–H and O–H groups in total. The second-order valence-corrected chi connectivity index (χ2v) is 5.63. The molecular weight excluding hydrogens is 244 g/mol. The van der Waals surface area contributed by atoms with Gasteiger partial charge in [-0.3, -0.25) is 4.98 Å². The molecule has 2 aromatic heterocycles. The average Bonchev–Trinajstić information content (AvgIpc) is 2.86. The molecule has 4 nitrogen and oxygen atoms in total. The molecule has 1 aliphatic carbocycles. The molecule has 3 rings (SSSR count). The molecule has 0 aromatic carbocycles. The Hall–Kier alpha value is -1.36. The first kappa shape index (κ1) is 11.7. The van der Waals surface area contributed by atoms with Crippen molar-refractivity contribution in [1.82, 2.24) is 15.0 Å². The van der Waals surface area contributed by atoms with Gasteiger partial charge >= 0.3 is 0 Å². The number of hydrogen-bond donors (Lipinski definition) is 1. The maximum absolute atomic E-state index is 4.51. The van der Waals surface area contributed by atoms with E-state index in [2.05, 4.69) is 26.5 Å². The monoisotopic (exact) mass is 260 g/mol. The van der Waals surface area contributed by atoms with E-state index in [1.54, 1.807) is 12.4 Å². The molecule has 2 aromatic rings. The molecule has 94 valence electrons. The van der Waals surface area contributed by atoms with E-state index in [9.17, 15) is 0 Å². The second-order valence-electron chi connectivity index (χ2n) is 4.55. The van der Waals surface area contributed by atoms with Crippen LogP contribution in [0.4, 0.5) is 5.82 Å². The summed E-state index contributed by atoms with van der Waals surface area (Å²) in [6.45, 7) is 0. The molecule has 1 aliphatic rings. The van der Waals surface area contributed by atoms with E-state index < -0.39 is 0 Å². The Balaban J connectivity index is 1.82. The molecule has 0 saturated heterocycles. The molecule has 0 spiro atoms. The zero-order valence-electron chi connectivity index (χ0n) is 10.3. The minimum absolute atomic E-state index is 0.529. The van der Waals surface area contributed by atoms with Gasteiger partial charge in [0.05, 0.1) is 0 Å². The summed E-state index contributed by atoms with van der Waals surface area (Å²) in [6.07, 6.45) is 9.38. The smallest absolute Gasteiger partial charge is 0.180 e. The van der Waals surface area contributed by atoms with Crippen molar-refractivity contribution in [2.45, 2.75) is 30.6 Å². The number of aromatic nitrogens is 3. The van der Waals surface area contributed by atoms with Crippen LogP contribution in [-0.2, 0) is 0 Å². The predicted octanol–water partition coefficient (Wildman–Crippen LogP) is 2.72. The van der Waals surface area contributed by atoms with Gasteiger partial charge < -0.3 is 5.32 Å². The highest BCUT2D eigenvalue weighted by Crippen LogP contribution is 2.30. The highest BCUT2D eigenvalue weighted by Gasteiger charge is 2.26. The Labute approximate surface area is 111 Å². The van der Waals surface area contributed by atoms with Crippen LogP contribution in [-0.4, -0.2) is 32.5 Å². The third-order valence-electron chi connectivity index (χ3n) is 3.42. The minimum Gasteiger partial charge on any atom is -0.366 e. The third-order valence-corrected chi connectivity index (χ3v) is 4.59. The molecule has 0 amide bonds. The van der Waals surface area contributed by atoms with Gasteiger partial charge in [-0.15, -0.1) is 0 Å². The summed E-state index contributed by atoms with van der Waals surface area (Å²) in [7, 11) is 0. The molecule has 0 radical (unpaired) electrons. The lowest BCUT2D eigenvalue weighted by molar-refractivity contribution is 0.764. The topological polar surface area (TPSA) is 50.7 Å². The zero-order chi connectivity index (χ0) is 12.4. The van der Waals surface area contributed by atoms with E-state index in [4.69, 9.17) is 0 Å². The average molecular weight is 260 g/mol. The van der Waals surface area contributed by atoms with Gasteiger partial charge in [0.25, 0.3) is 0 Å². The van der Waals surface area contributed by atoms with E-state index in [0.717, 1.165) is 11.3 Å². The van der Waals surface area contributed by atoms with Gasteiger partial charge in [-0.05, 0) is 31.2 Å². The van der Waals surface area contributed by atoms with Crippen LogP contribution < -0.4 is 5.32 Å². The number of fused-ring (bicyclic) bond motifs is 1. The highest BCUT2D eigenvalue weighted by atomic mass is 32.2. The van der Waals surface area contributed by atoms with Crippen molar-refractivity contribution in [3.63, 3.8) is 0 Å². The number of nitrogens with one attached hydrogen (secondary N) is 1. The van der Waals surface area contributed by atoms with Crippen LogP contribution in [0.5, 0.6) is 0 Å². The van der Waals surface area contributed by atoms with Crippen LogP contribution in [0.1, 0.15) is 19.3 Å². The van der Waals surface area contributed by atoms with Crippen molar-refractivity contribution >= 4 is 28.7 Å². The third kappa shape index (κ3) is 2.27. The van der Waals surface area contributed by atoms with Crippen molar-refractivity contribution in [2.24, 2.45) is 0 Å². The summed E-state index contributed by atoms with van der Waals surface area (Å²) in [5, 5.41) is 4.23. The van der Waals surface area contributed by atoms with Gasteiger partial charge in [0.1, 0.15) is 11.3 Å². The fourth-order valence-corrected chi connectivity index (χ4v) is 3.43. The lowest BCUT2D eigenvalue weighted by Gasteiger charge is -2.19. The van der Waals surface area contributed by atoms with Crippen LogP contribution in [0.2, 0.25) is 0 Å². The van der Waals surface area contributed by atoms with E-state index >= 15 is 0 Å². The van der Waals surface area contributed by atoms with Gasteiger partial charge in [-0.25, -0.2) is 9.97 Å². The maximum atomic E-state index is 4.51. The Morgan fingerprint density at radius 3 is 3.00 bits per heavy atom. The van der Waals surface area contributed by atoms with Gasteiger partial charge in [0.2, 0.25) is 0 Å². The minimum atomic E-state index is 0.529. The van der Waals surface area contributed by atoms with Gasteiger partial charge in [0.15, 0.2) is 5.65 Å². The standard InChI is InChI=1S/C13H16N4S/c1-18-11-4-2-3-9(11)16-12-6-5-10-13(17-12)15-8-7-14-10/h5-9,11H,2-4H2,1H3,(H,15,16,17)/t9-,11+/m0/s1. The van der Waals surface area contributed by atoms with Crippen LogP contribution in [0, 0.1) is 0 Å². The molecule has 2 atom stereocenters. The summed E-state index contributed by atoms with van der Waals surface area (Å²) < 4.78 is 0. The maximum Gasteiger partial charge on any atom is 0.180 e.